The number of ether oxygens (including phenoxy) is 1. The highest BCUT2D eigenvalue weighted by Crippen LogP contribution is 2.30. The second-order valence-electron chi connectivity index (χ2n) is 9.40. The van der Waals surface area contributed by atoms with Crippen LogP contribution in [0.5, 0.6) is 5.75 Å². The van der Waals surface area contributed by atoms with E-state index in [0.717, 1.165) is 51.2 Å². The maximum atomic E-state index is 14.3. The number of benzene rings is 1. The number of anilines is 1. The van der Waals surface area contributed by atoms with Gasteiger partial charge in [-0.2, -0.15) is 4.99 Å². The van der Waals surface area contributed by atoms with Crippen molar-refractivity contribution < 1.29 is 9.13 Å². The van der Waals surface area contributed by atoms with Crippen LogP contribution in [0.4, 0.5) is 10.1 Å². The molecule has 4 N–H and O–H groups in total. The van der Waals surface area contributed by atoms with Crippen LogP contribution in [0.3, 0.4) is 0 Å². The van der Waals surface area contributed by atoms with Crippen molar-refractivity contribution in [2.45, 2.75) is 70.7 Å². The molecule has 8 nitrogen and oxygen atoms in total. The summed E-state index contributed by atoms with van der Waals surface area (Å²) in [6.07, 6.45) is 6.24. The van der Waals surface area contributed by atoms with E-state index in [4.69, 9.17) is 15.5 Å². The van der Waals surface area contributed by atoms with Crippen molar-refractivity contribution in [2.75, 3.05) is 32.1 Å². The second-order valence-corrected chi connectivity index (χ2v) is 9.40. The van der Waals surface area contributed by atoms with Crippen LogP contribution in [0.25, 0.3) is 0 Å². The van der Waals surface area contributed by atoms with Gasteiger partial charge >= 0.3 is 0 Å². The van der Waals surface area contributed by atoms with Crippen molar-refractivity contribution in [3.63, 3.8) is 0 Å². The van der Waals surface area contributed by atoms with Crippen LogP contribution < -0.4 is 21.1 Å². The quantitative estimate of drug-likeness (QED) is 0.605. The number of hydrogen-bond donors (Lipinski definition) is 3. The summed E-state index contributed by atoms with van der Waals surface area (Å²) in [7, 11) is 1.46. The highest BCUT2D eigenvalue weighted by Gasteiger charge is 2.33. The summed E-state index contributed by atoms with van der Waals surface area (Å²) in [5.41, 5.74) is 7.16. The van der Waals surface area contributed by atoms with Gasteiger partial charge in [0.05, 0.1) is 7.11 Å². The van der Waals surface area contributed by atoms with Gasteiger partial charge in [0.25, 0.3) is 0 Å². The average molecular weight is 460 g/mol. The number of likely N-dealkylation sites (tertiary alicyclic amines) is 1. The van der Waals surface area contributed by atoms with Gasteiger partial charge in [-0.15, -0.1) is 0 Å². The Bertz CT molecular complexity index is 868. The molecule has 0 spiro atoms. The molecule has 2 fully saturated rings. The van der Waals surface area contributed by atoms with E-state index in [1.54, 1.807) is 12.1 Å². The lowest BCUT2D eigenvalue weighted by Crippen LogP contribution is -2.57. The Morgan fingerprint density at radius 3 is 2.70 bits per heavy atom. The third-order valence-corrected chi connectivity index (χ3v) is 7.18. The smallest absolute Gasteiger partial charge is 0.224 e. The summed E-state index contributed by atoms with van der Waals surface area (Å²) in [5.74, 6) is 1.65. The number of rotatable bonds is 6. The summed E-state index contributed by atoms with van der Waals surface area (Å²) in [6, 6.07) is 5.55. The van der Waals surface area contributed by atoms with E-state index < -0.39 is 12.1 Å². The molecule has 4 rings (SSSR count). The first kappa shape index (κ1) is 23.8. The van der Waals surface area contributed by atoms with Crippen LogP contribution in [-0.4, -0.2) is 66.8 Å². The fourth-order valence-corrected chi connectivity index (χ4v) is 5.21. The normalized spacial score (nSPS) is 28.3. The van der Waals surface area contributed by atoms with E-state index in [-0.39, 0.29) is 11.8 Å². The van der Waals surface area contributed by atoms with Crippen LogP contribution in [0.15, 0.2) is 28.2 Å². The molecule has 1 aromatic rings. The number of methoxy groups -OCH3 is 1. The lowest BCUT2D eigenvalue weighted by Gasteiger charge is -2.41. The van der Waals surface area contributed by atoms with Crippen LogP contribution in [0.1, 0.15) is 52.4 Å². The van der Waals surface area contributed by atoms with Crippen LogP contribution in [0, 0.1) is 11.7 Å². The molecule has 0 radical (unpaired) electrons. The molecule has 1 saturated carbocycles. The summed E-state index contributed by atoms with van der Waals surface area (Å²) in [6.45, 7) is 7.47. The molecule has 0 bridgehead atoms. The van der Waals surface area contributed by atoms with Crippen molar-refractivity contribution in [3.8, 4) is 5.75 Å². The Labute approximate surface area is 196 Å². The molecule has 9 heteroatoms. The molecule has 2 aliphatic heterocycles. The number of guanidine groups is 2. The zero-order chi connectivity index (χ0) is 23.4. The minimum Gasteiger partial charge on any atom is -0.494 e. The first-order valence-corrected chi connectivity index (χ1v) is 12.3. The molecule has 1 aliphatic carbocycles. The van der Waals surface area contributed by atoms with Crippen molar-refractivity contribution in [3.05, 3.63) is 24.0 Å². The lowest BCUT2D eigenvalue weighted by atomic mass is 9.86. The number of aliphatic imine (C=N–C) groups is 2. The van der Waals surface area contributed by atoms with E-state index in [0.29, 0.717) is 23.6 Å². The van der Waals surface area contributed by atoms with Crippen molar-refractivity contribution in [1.29, 1.82) is 0 Å². The number of nitrogens with zero attached hydrogens (tertiary/aromatic N) is 4. The molecular weight excluding hydrogens is 421 g/mol. The van der Waals surface area contributed by atoms with Gasteiger partial charge in [0.2, 0.25) is 11.9 Å². The van der Waals surface area contributed by atoms with E-state index >= 15 is 0 Å². The first-order chi connectivity index (χ1) is 16.0. The van der Waals surface area contributed by atoms with Gasteiger partial charge in [-0.25, -0.2) is 9.38 Å². The molecular formula is C24H38FN7O. The minimum absolute atomic E-state index is 0.210. The van der Waals surface area contributed by atoms with Gasteiger partial charge in [-0.1, -0.05) is 13.8 Å². The van der Waals surface area contributed by atoms with Gasteiger partial charge in [0, 0.05) is 30.4 Å². The van der Waals surface area contributed by atoms with Gasteiger partial charge in [-0.3, -0.25) is 10.6 Å². The van der Waals surface area contributed by atoms with Crippen molar-refractivity contribution >= 4 is 17.6 Å². The number of halogens is 1. The Balaban J connectivity index is 1.53. The molecule has 33 heavy (non-hydrogen) atoms. The van der Waals surface area contributed by atoms with E-state index in [9.17, 15) is 4.39 Å². The van der Waals surface area contributed by atoms with Crippen LogP contribution >= 0.6 is 0 Å². The number of nitrogens with two attached hydrogens (primary N) is 1. The van der Waals surface area contributed by atoms with Gasteiger partial charge in [-0.05, 0) is 69.7 Å². The number of nitrogens with one attached hydrogen (secondary N) is 2. The first-order valence-electron chi connectivity index (χ1n) is 12.3. The summed E-state index contributed by atoms with van der Waals surface area (Å²) >= 11 is 0. The maximum absolute atomic E-state index is 14.3. The van der Waals surface area contributed by atoms with E-state index in [1.807, 2.05) is 0 Å². The summed E-state index contributed by atoms with van der Waals surface area (Å²) < 4.78 is 19.4. The number of likely N-dealkylation sites (N-methyl/N-ethyl adjacent to an activating group) is 1. The molecule has 2 unspecified atom stereocenters. The molecule has 0 aromatic heterocycles. The average Bonchev–Trinajstić information content (AvgIpc) is 3.26. The Hall–Kier alpha value is -2.39. The topological polar surface area (TPSA) is 90.5 Å². The van der Waals surface area contributed by atoms with Gasteiger partial charge < -0.3 is 20.3 Å². The number of hydrogen-bond acceptors (Lipinski definition) is 8. The highest BCUT2D eigenvalue weighted by molar-refractivity contribution is 6.03. The van der Waals surface area contributed by atoms with Gasteiger partial charge in [0.15, 0.2) is 17.9 Å². The lowest BCUT2D eigenvalue weighted by molar-refractivity contribution is 0.172. The molecule has 1 saturated heterocycles. The Morgan fingerprint density at radius 1 is 1.21 bits per heavy atom. The van der Waals surface area contributed by atoms with Crippen LogP contribution in [-0.2, 0) is 0 Å². The molecule has 3 aliphatic rings. The largest absolute Gasteiger partial charge is 0.494 e. The second kappa shape index (κ2) is 10.7. The Kier molecular flexibility index (Phi) is 7.70. The minimum atomic E-state index is -0.542. The molecule has 182 valence electrons. The summed E-state index contributed by atoms with van der Waals surface area (Å²) in [5, 5.41) is 6.72. The van der Waals surface area contributed by atoms with E-state index in [1.165, 1.54) is 26.0 Å². The Morgan fingerprint density at radius 2 is 2.00 bits per heavy atom. The third-order valence-electron chi connectivity index (χ3n) is 7.18. The fraction of sp³-hybridized carbons (Fsp3) is 0.667. The highest BCUT2D eigenvalue weighted by atomic mass is 19.1. The molecule has 2 atom stereocenters. The fourth-order valence-electron chi connectivity index (χ4n) is 5.21. The third kappa shape index (κ3) is 5.58. The maximum Gasteiger partial charge on any atom is 0.224 e. The van der Waals surface area contributed by atoms with Crippen molar-refractivity contribution in [1.82, 2.24) is 15.1 Å². The molecule has 0 amide bonds. The van der Waals surface area contributed by atoms with Crippen molar-refractivity contribution in [2.24, 2.45) is 21.6 Å². The van der Waals surface area contributed by atoms with Gasteiger partial charge in [0.1, 0.15) is 0 Å². The zero-order valence-electron chi connectivity index (χ0n) is 20.1. The predicted octanol–water partition coefficient (Wildman–Crippen LogP) is 3.17. The standard InChI is InChI=1S/C24H38FN7O/c1-4-31-13-5-6-19(31)15-27-23-29-22(26)32(18-10-7-16(2)8-11-18)24(30-23)28-17-9-12-21(33-3)20(25)14-17/h9,12,14,16,18-19,22H,4-8,10-11,13,15,26H2,1-3H3,(H2,27,28,29,30). The summed E-state index contributed by atoms with van der Waals surface area (Å²) in [4.78, 5) is 14.0. The predicted molar refractivity (Wildman–Crippen MR) is 131 cm³/mol. The molecule has 1 aromatic carbocycles. The SMILES string of the molecule is CCN1CCCC1CNC1=NC(N)N(C2CCC(C)CC2)C(Nc2ccc(OC)c(F)c2)=N1. The zero-order valence-corrected chi connectivity index (χ0v) is 20.1. The van der Waals surface area contributed by atoms with E-state index in [2.05, 4.69) is 39.3 Å². The monoisotopic (exact) mass is 459 g/mol. The molecule has 2 heterocycles. The van der Waals surface area contributed by atoms with Crippen LogP contribution in [0.2, 0.25) is 0 Å².